The minimum absolute atomic E-state index is 0.412. The van der Waals surface area contributed by atoms with Crippen molar-refractivity contribution in [3.8, 4) is 0 Å². The van der Waals surface area contributed by atoms with E-state index in [4.69, 9.17) is 0 Å². The predicted octanol–water partition coefficient (Wildman–Crippen LogP) is 4.78. The van der Waals surface area contributed by atoms with Gasteiger partial charge in [-0.25, -0.2) is 0 Å². The molecule has 1 aromatic heterocycles. The highest BCUT2D eigenvalue weighted by molar-refractivity contribution is 7.12. The van der Waals surface area contributed by atoms with E-state index in [1.807, 2.05) is 11.3 Å². The predicted molar refractivity (Wildman–Crippen MR) is 84.9 cm³/mol. The third-order valence-electron chi connectivity index (χ3n) is 3.64. The highest BCUT2D eigenvalue weighted by Crippen LogP contribution is 2.26. The lowest BCUT2D eigenvalue weighted by atomic mass is 10.0. The maximum absolute atomic E-state index is 3.65. The van der Waals surface area contributed by atoms with Gasteiger partial charge in [0.05, 0.1) is 0 Å². The van der Waals surface area contributed by atoms with Gasteiger partial charge < -0.3 is 5.32 Å². The minimum Gasteiger partial charge on any atom is -0.306 e. The number of hydrogen-bond acceptors (Lipinski definition) is 2. The molecule has 0 aliphatic carbocycles. The van der Waals surface area contributed by atoms with Crippen LogP contribution in [-0.2, 0) is 13.0 Å². The van der Waals surface area contributed by atoms with Crippen LogP contribution in [0.5, 0.6) is 0 Å². The smallest absolute Gasteiger partial charge is 0.0305 e. The summed E-state index contributed by atoms with van der Waals surface area (Å²) < 4.78 is 0. The van der Waals surface area contributed by atoms with Crippen molar-refractivity contribution in [2.45, 2.75) is 46.7 Å². The largest absolute Gasteiger partial charge is 0.306 e. The van der Waals surface area contributed by atoms with Crippen molar-refractivity contribution in [2.75, 3.05) is 0 Å². The second-order valence-electron chi connectivity index (χ2n) is 5.09. The fraction of sp³-hybridized carbons (Fsp3) is 0.412. The Morgan fingerprint density at radius 3 is 2.42 bits per heavy atom. The molecule has 19 heavy (non-hydrogen) atoms. The van der Waals surface area contributed by atoms with Crippen LogP contribution in [0.25, 0.3) is 0 Å². The number of benzene rings is 1. The SMILES string of the molecule is CCc1ccccc1CNC(C)c1cc(C)sc1C. The van der Waals surface area contributed by atoms with Crippen LogP contribution < -0.4 is 5.32 Å². The van der Waals surface area contributed by atoms with E-state index < -0.39 is 0 Å². The molecule has 1 heterocycles. The molecular formula is C17H23NS. The molecule has 0 bridgehead atoms. The van der Waals surface area contributed by atoms with Crippen molar-refractivity contribution in [2.24, 2.45) is 0 Å². The zero-order valence-corrected chi connectivity index (χ0v) is 13.1. The van der Waals surface area contributed by atoms with Gasteiger partial charge in [-0.2, -0.15) is 0 Å². The van der Waals surface area contributed by atoms with Gasteiger partial charge in [-0.1, -0.05) is 31.2 Å². The maximum atomic E-state index is 3.65. The zero-order chi connectivity index (χ0) is 13.8. The summed E-state index contributed by atoms with van der Waals surface area (Å²) >= 11 is 1.89. The summed E-state index contributed by atoms with van der Waals surface area (Å²) in [4.78, 5) is 2.83. The van der Waals surface area contributed by atoms with Crippen molar-refractivity contribution in [1.29, 1.82) is 0 Å². The van der Waals surface area contributed by atoms with Crippen LogP contribution in [0.2, 0.25) is 0 Å². The summed E-state index contributed by atoms with van der Waals surface area (Å²) in [6, 6.07) is 11.4. The van der Waals surface area contributed by atoms with E-state index in [0.717, 1.165) is 13.0 Å². The molecule has 0 saturated carbocycles. The second-order valence-corrected chi connectivity index (χ2v) is 6.55. The molecule has 0 spiro atoms. The number of aryl methyl sites for hydroxylation is 3. The van der Waals surface area contributed by atoms with E-state index in [-0.39, 0.29) is 0 Å². The second kappa shape index (κ2) is 6.36. The number of hydrogen-bond donors (Lipinski definition) is 1. The summed E-state index contributed by atoms with van der Waals surface area (Å²) in [5.41, 5.74) is 4.30. The van der Waals surface area contributed by atoms with Crippen LogP contribution in [0, 0.1) is 13.8 Å². The highest BCUT2D eigenvalue weighted by Gasteiger charge is 2.11. The molecule has 0 saturated heterocycles. The van der Waals surface area contributed by atoms with Gasteiger partial charge in [-0.15, -0.1) is 11.3 Å². The molecule has 1 N–H and O–H groups in total. The van der Waals surface area contributed by atoms with Crippen molar-refractivity contribution >= 4 is 11.3 Å². The minimum atomic E-state index is 0.412. The highest BCUT2D eigenvalue weighted by atomic mass is 32.1. The molecule has 1 aromatic carbocycles. The van der Waals surface area contributed by atoms with Crippen molar-refractivity contribution in [1.82, 2.24) is 5.32 Å². The van der Waals surface area contributed by atoms with Gasteiger partial charge in [0.15, 0.2) is 0 Å². The number of thiophene rings is 1. The van der Waals surface area contributed by atoms with Gasteiger partial charge in [-0.05, 0) is 49.9 Å². The van der Waals surface area contributed by atoms with E-state index in [1.54, 1.807) is 0 Å². The average Bonchev–Trinajstić information content (AvgIpc) is 2.75. The molecular weight excluding hydrogens is 250 g/mol. The third kappa shape index (κ3) is 3.46. The number of nitrogens with one attached hydrogen (secondary N) is 1. The first-order valence-corrected chi connectivity index (χ1v) is 7.80. The number of rotatable bonds is 5. The van der Waals surface area contributed by atoms with E-state index in [0.29, 0.717) is 6.04 Å². The summed E-state index contributed by atoms with van der Waals surface area (Å²) in [7, 11) is 0. The molecule has 0 amide bonds. The Bertz CT molecular complexity index is 542. The average molecular weight is 273 g/mol. The Hall–Kier alpha value is -1.12. The molecule has 102 valence electrons. The molecule has 1 atom stereocenters. The Balaban J connectivity index is 2.04. The first-order chi connectivity index (χ1) is 9.11. The zero-order valence-electron chi connectivity index (χ0n) is 12.3. The molecule has 2 heteroatoms. The third-order valence-corrected chi connectivity index (χ3v) is 4.63. The van der Waals surface area contributed by atoms with E-state index in [1.165, 1.54) is 26.4 Å². The van der Waals surface area contributed by atoms with Gasteiger partial charge in [-0.3, -0.25) is 0 Å². The standard InChI is InChI=1S/C17H23NS/c1-5-15-8-6-7-9-16(15)11-18-13(3)17-10-12(2)19-14(17)4/h6-10,13,18H,5,11H2,1-4H3. The van der Waals surface area contributed by atoms with Crippen LogP contribution in [0.15, 0.2) is 30.3 Å². The van der Waals surface area contributed by atoms with Crippen LogP contribution in [0.4, 0.5) is 0 Å². The lowest BCUT2D eigenvalue weighted by Gasteiger charge is -2.15. The van der Waals surface area contributed by atoms with E-state index in [9.17, 15) is 0 Å². The van der Waals surface area contributed by atoms with Crippen LogP contribution in [0.3, 0.4) is 0 Å². The molecule has 0 aliphatic heterocycles. The Morgan fingerprint density at radius 2 is 1.84 bits per heavy atom. The quantitative estimate of drug-likeness (QED) is 0.827. The molecule has 0 fully saturated rings. The van der Waals surface area contributed by atoms with Crippen LogP contribution >= 0.6 is 11.3 Å². The van der Waals surface area contributed by atoms with Gasteiger partial charge >= 0.3 is 0 Å². The Labute approximate surface area is 120 Å². The van der Waals surface area contributed by atoms with Crippen molar-refractivity contribution in [3.05, 3.63) is 56.8 Å². The molecule has 2 aromatic rings. The molecule has 0 radical (unpaired) electrons. The van der Waals surface area contributed by atoms with Crippen molar-refractivity contribution in [3.63, 3.8) is 0 Å². The molecule has 1 unspecified atom stereocenters. The Kier molecular flexibility index (Phi) is 4.78. The summed E-state index contributed by atoms with van der Waals surface area (Å²) in [5.74, 6) is 0. The van der Waals surface area contributed by atoms with Gasteiger partial charge in [0.1, 0.15) is 0 Å². The fourth-order valence-electron chi connectivity index (χ4n) is 2.53. The molecule has 2 rings (SSSR count). The van der Waals surface area contributed by atoms with Gasteiger partial charge in [0.2, 0.25) is 0 Å². The molecule has 1 nitrogen and oxygen atoms in total. The normalized spacial score (nSPS) is 12.6. The summed E-state index contributed by atoms with van der Waals surface area (Å²) in [6.45, 7) is 9.81. The summed E-state index contributed by atoms with van der Waals surface area (Å²) in [5, 5.41) is 3.65. The van der Waals surface area contributed by atoms with Crippen LogP contribution in [-0.4, -0.2) is 0 Å². The topological polar surface area (TPSA) is 12.0 Å². The monoisotopic (exact) mass is 273 g/mol. The van der Waals surface area contributed by atoms with E-state index >= 15 is 0 Å². The first kappa shape index (κ1) is 14.3. The first-order valence-electron chi connectivity index (χ1n) is 6.99. The summed E-state index contributed by atoms with van der Waals surface area (Å²) in [6.07, 6.45) is 1.10. The fourth-order valence-corrected chi connectivity index (χ4v) is 3.55. The van der Waals surface area contributed by atoms with Gasteiger partial charge in [0, 0.05) is 22.3 Å². The van der Waals surface area contributed by atoms with E-state index in [2.05, 4.69) is 63.3 Å². The maximum Gasteiger partial charge on any atom is 0.0305 e. The van der Waals surface area contributed by atoms with Gasteiger partial charge in [0.25, 0.3) is 0 Å². The lowest BCUT2D eigenvalue weighted by molar-refractivity contribution is 0.572. The Morgan fingerprint density at radius 1 is 1.16 bits per heavy atom. The molecule has 0 aliphatic rings. The lowest BCUT2D eigenvalue weighted by Crippen LogP contribution is -2.19. The van der Waals surface area contributed by atoms with Crippen molar-refractivity contribution < 1.29 is 0 Å². The van der Waals surface area contributed by atoms with Crippen LogP contribution in [0.1, 0.15) is 46.3 Å².